The Balaban J connectivity index is 2.05. The molecule has 0 amide bonds. The van der Waals surface area contributed by atoms with Crippen LogP contribution in [-0.2, 0) is 10.2 Å². The van der Waals surface area contributed by atoms with Crippen LogP contribution in [-0.4, -0.2) is 11.6 Å². The van der Waals surface area contributed by atoms with E-state index in [1.54, 1.807) is 0 Å². The molecule has 0 unspecified atom stereocenters. The van der Waals surface area contributed by atoms with Crippen LogP contribution in [0.4, 0.5) is 0 Å². The predicted molar refractivity (Wildman–Crippen MR) is 117 cm³/mol. The first-order chi connectivity index (χ1) is 13.3. The Bertz CT molecular complexity index is 760. The van der Waals surface area contributed by atoms with E-state index in [-0.39, 0.29) is 11.2 Å². The molecule has 136 valence electrons. The van der Waals surface area contributed by atoms with Crippen molar-refractivity contribution in [2.45, 2.75) is 31.1 Å². The van der Waals surface area contributed by atoms with Crippen LogP contribution < -0.4 is 0 Å². The van der Waals surface area contributed by atoms with Crippen molar-refractivity contribution < 1.29 is 4.79 Å². The van der Waals surface area contributed by atoms with Gasteiger partial charge < -0.3 is 0 Å². The van der Waals surface area contributed by atoms with Crippen LogP contribution in [0, 0.1) is 0 Å². The summed E-state index contributed by atoms with van der Waals surface area (Å²) in [6, 6.07) is 32.2. The largest absolute Gasteiger partial charge is 0.294 e. The molecule has 0 bridgehead atoms. The number of rotatable bonds is 9. The fourth-order valence-electron chi connectivity index (χ4n) is 3.86. The highest BCUT2D eigenvalue weighted by molar-refractivity contribution is 7.22. The average Bonchev–Trinajstić information content (AvgIpc) is 2.75. The Morgan fingerprint density at radius 2 is 1.11 bits per heavy atom. The molecule has 3 aromatic rings. The number of unbranched alkanes of at least 4 members (excludes halogenated alkanes) is 1. The van der Waals surface area contributed by atoms with Gasteiger partial charge in [-0.05, 0) is 29.5 Å². The van der Waals surface area contributed by atoms with Gasteiger partial charge >= 0.3 is 0 Å². The molecule has 0 radical (unpaired) electrons. The monoisotopic (exact) mass is 372 g/mol. The summed E-state index contributed by atoms with van der Waals surface area (Å²) < 4.78 is 0. The lowest BCUT2D eigenvalue weighted by Crippen LogP contribution is -2.29. The molecule has 27 heavy (non-hydrogen) atoms. The Morgan fingerprint density at radius 1 is 0.704 bits per heavy atom. The van der Waals surface area contributed by atoms with E-state index in [0.717, 1.165) is 19.3 Å². The predicted octanol–water partition coefficient (Wildman–Crippen LogP) is 6.10. The Morgan fingerprint density at radius 3 is 1.48 bits per heavy atom. The van der Waals surface area contributed by atoms with E-state index in [0.29, 0.717) is 6.42 Å². The first-order valence-electron chi connectivity index (χ1n) is 9.47. The van der Waals surface area contributed by atoms with Crippen LogP contribution in [0.5, 0.6) is 0 Å². The van der Waals surface area contributed by atoms with E-state index in [1.807, 2.05) is 0 Å². The molecule has 0 aromatic heterocycles. The van der Waals surface area contributed by atoms with Crippen LogP contribution >= 0.6 is 8.86 Å². The number of hydrogen-bond acceptors (Lipinski definition) is 1. The quantitative estimate of drug-likeness (QED) is 0.252. The van der Waals surface area contributed by atoms with Crippen molar-refractivity contribution in [3.63, 3.8) is 0 Å². The number of benzene rings is 3. The molecule has 0 heterocycles. The smallest absolute Gasteiger partial charge is 0.159 e. The molecule has 0 saturated carbocycles. The van der Waals surface area contributed by atoms with Crippen LogP contribution in [0.15, 0.2) is 91.0 Å². The molecule has 3 aromatic carbocycles. The Labute approximate surface area is 164 Å². The van der Waals surface area contributed by atoms with Gasteiger partial charge in [-0.3, -0.25) is 4.79 Å². The third-order valence-electron chi connectivity index (χ3n) is 5.19. The lowest BCUT2D eigenvalue weighted by molar-refractivity contribution is -0.112. The summed E-state index contributed by atoms with van der Waals surface area (Å²) >= 11 is 0. The Hall–Kier alpha value is -2.50. The summed E-state index contributed by atoms with van der Waals surface area (Å²) in [4.78, 5) is 11.6. The molecular formula is C25H25OP. The van der Waals surface area contributed by atoms with Gasteiger partial charge in [0.2, 0.25) is 0 Å². The summed E-state index contributed by atoms with van der Waals surface area (Å²) in [5, 5.41) is 0. The molecule has 3 rings (SSSR count). The summed E-state index contributed by atoms with van der Waals surface area (Å²) in [6.07, 6.45) is 3.40. The van der Waals surface area contributed by atoms with Crippen LogP contribution in [0.1, 0.15) is 42.4 Å². The number of Topliss-reactive ketones (excluding diaryl/α,β-unsaturated/α-hetero) is 1. The van der Waals surface area contributed by atoms with Crippen molar-refractivity contribution in [2.75, 3.05) is 0 Å². The van der Waals surface area contributed by atoms with Gasteiger partial charge in [-0.15, -0.1) is 8.86 Å². The minimum Gasteiger partial charge on any atom is -0.294 e. The second kappa shape index (κ2) is 9.44. The third-order valence-corrected chi connectivity index (χ3v) is 5.51. The van der Waals surface area contributed by atoms with E-state index in [4.69, 9.17) is 0 Å². The topological polar surface area (TPSA) is 17.1 Å². The molecule has 0 N–H and O–H groups in total. The minimum atomic E-state index is -0.218. The highest BCUT2D eigenvalue weighted by atomic mass is 31.0. The zero-order chi connectivity index (χ0) is 19.0. The van der Waals surface area contributed by atoms with Gasteiger partial charge in [0.15, 0.2) is 5.78 Å². The molecule has 0 atom stereocenters. The molecule has 0 spiro atoms. The molecule has 0 saturated heterocycles. The standard InChI is InChI=1S/C25H25OP/c26-24(20-27)18-10-11-19-25(21-12-4-1-5-13-21,22-14-6-2-7-15-22)23-16-8-3-9-17-23/h1-9,12-17,20,27H,10-11,18-19H2. The second-order valence-electron chi connectivity index (χ2n) is 6.82. The molecule has 2 heteroatoms. The van der Waals surface area contributed by atoms with Gasteiger partial charge in [0, 0.05) is 17.6 Å². The maximum Gasteiger partial charge on any atom is 0.159 e. The van der Waals surface area contributed by atoms with Crippen LogP contribution in [0.2, 0.25) is 0 Å². The van der Waals surface area contributed by atoms with E-state index in [2.05, 4.69) is 99.9 Å². The third kappa shape index (κ3) is 4.43. The molecular weight excluding hydrogens is 347 g/mol. The molecule has 0 aliphatic rings. The first-order valence-corrected chi connectivity index (χ1v) is 10.0. The highest BCUT2D eigenvalue weighted by Gasteiger charge is 2.35. The van der Waals surface area contributed by atoms with Crippen molar-refractivity contribution in [1.82, 2.24) is 0 Å². The molecule has 1 nitrogen and oxygen atoms in total. The fraction of sp³-hybridized carbons (Fsp3) is 0.200. The lowest BCUT2D eigenvalue weighted by atomic mass is 9.66. The van der Waals surface area contributed by atoms with Gasteiger partial charge in [-0.1, -0.05) is 97.4 Å². The molecule has 0 aliphatic carbocycles. The zero-order valence-electron chi connectivity index (χ0n) is 15.5. The number of carbonyl (C=O) groups excluding carboxylic acids is 1. The summed E-state index contributed by atoms with van der Waals surface area (Å²) in [5.74, 6) is 1.63. The van der Waals surface area contributed by atoms with Crippen molar-refractivity contribution in [2.24, 2.45) is 0 Å². The number of hydrogen-bond donors (Lipinski definition) is 0. The summed E-state index contributed by atoms with van der Waals surface area (Å²) in [5.41, 5.74) is 3.66. The maximum atomic E-state index is 11.6. The summed E-state index contributed by atoms with van der Waals surface area (Å²) in [6.45, 7) is 0. The van der Waals surface area contributed by atoms with Gasteiger partial charge in [-0.25, -0.2) is 0 Å². The van der Waals surface area contributed by atoms with Crippen molar-refractivity contribution in [3.8, 4) is 0 Å². The molecule has 0 fully saturated rings. The second-order valence-corrected chi connectivity index (χ2v) is 7.11. The normalized spacial score (nSPS) is 11.1. The van der Waals surface area contributed by atoms with Gasteiger partial charge in [0.05, 0.1) is 0 Å². The van der Waals surface area contributed by atoms with E-state index >= 15 is 0 Å². The fourth-order valence-corrected chi connectivity index (χ4v) is 4.01. The van der Waals surface area contributed by atoms with Crippen molar-refractivity contribution >= 4 is 20.4 Å². The first kappa shape index (κ1) is 19.3. The summed E-state index contributed by atoms with van der Waals surface area (Å²) in [7, 11) is 3.19. The van der Waals surface area contributed by atoms with E-state index in [1.165, 1.54) is 22.5 Å². The van der Waals surface area contributed by atoms with E-state index in [9.17, 15) is 4.79 Å². The Kier molecular flexibility index (Phi) is 6.74. The van der Waals surface area contributed by atoms with Crippen molar-refractivity contribution in [3.05, 3.63) is 108 Å². The molecule has 0 aliphatic heterocycles. The maximum absolute atomic E-state index is 11.6. The lowest BCUT2D eigenvalue weighted by Gasteiger charge is -2.36. The van der Waals surface area contributed by atoms with Gasteiger partial charge in [0.1, 0.15) is 0 Å². The average molecular weight is 372 g/mol. The van der Waals surface area contributed by atoms with Crippen molar-refractivity contribution in [1.29, 1.82) is 0 Å². The SMILES string of the molecule is O=C(C=P)CCCCC(c1ccccc1)(c1ccccc1)c1ccccc1. The number of carbonyl (C=O) groups is 1. The van der Waals surface area contributed by atoms with Gasteiger partial charge in [-0.2, -0.15) is 0 Å². The van der Waals surface area contributed by atoms with E-state index < -0.39 is 0 Å². The minimum absolute atomic E-state index is 0.149. The highest BCUT2D eigenvalue weighted by Crippen LogP contribution is 2.43. The number of ketones is 1. The van der Waals surface area contributed by atoms with Crippen LogP contribution in [0.25, 0.3) is 0 Å². The zero-order valence-corrected chi connectivity index (χ0v) is 16.5. The van der Waals surface area contributed by atoms with Gasteiger partial charge in [0.25, 0.3) is 0 Å². The van der Waals surface area contributed by atoms with Crippen LogP contribution in [0.3, 0.4) is 0 Å².